The van der Waals surface area contributed by atoms with Gasteiger partial charge in [0.1, 0.15) is 11.5 Å². The zero-order valence-electron chi connectivity index (χ0n) is 12.2. The van der Waals surface area contributed by atoms with Gasteiger partial charge in [0.2, 0.25) is 0 Å². The normalized spacial score (nSPS) is 12.2. The minimum absolute atomic E-state index is 0.168. The van der Waals surface area contributed by atoms with E-state index in [2.05, 4.69) is 13.0 Å². The van der Waals surface area contributed by atoms with E-state index in [0.717, 1.165) is 29.7 Å². The molecule has 2 aromatic rings. The molecule has 0 saturated heterocycles. The van der Waals surface area contributed by atoms with Crippen LogP contribution in [0.1, 0.15) is 24.5 Å². The predicted molar refractivity (Wildman–Crippen MR) is 89.7 cm³/mol. The van der Waals surface area contributed by atoms with E-state index in [4.69, 9.17) is 33.7 Å². The molecule has 0 aliphatic carbocycles. The molecule has 0 saturated carbocycles. The first kappa shape index (κ1) is 16.2. The van der Waals surface area contributed by atoms with Crippen molar-refractivity contribution in [1.82, 2.24) is 0 Å². The third-order valence-corrected chi connectivity index (χ3v) is 3.78. The molecule has 0 heterocycles. The first-order chi connectivity index (χ1) is 9.97. The molecule has 0 aromatic heterocycles. The van der Waals surface area contributed by atoms with Crippen molar-refractivity contribution >= 4 is 23.2 Å². The first-order valence-electron chi connectivity index (χ1n) is 6.97. The lowest BCUT2D eigenvalue weighted by molar-refractivity contribution is 0.478. The number of nitrogens with two attached hydrogens (primary N) is 1. The number of hydrogen-bond donors (Lipinski definition) is 1. The van der Waals surface area contributed by atoms with Crippen LogP contribution < -0.4 is 10.5 Å². The average molecular weight is 324 g/mol. The summed E-state index contributed by atoms with van der Waals surface area (Å²) < 4.78 is 5.92. The van der Waals surface area contributed by atoms with Crippen LogP contribution in [-0.2, 0) is 6.42 Å². The Kier molecular flexibility index (Phi) is 5.51. The molecule has 4 heteroatoms. The molecule has 0 aliphatic rings. The molecule has 0 amide bonds. The monoisotopic (exact) mass is 323 g/mol. The van der Waals surface area contributed by atoms with Gasteiger partial charge in [0.25, 0.3) is 0 Å². The molecule has 2 nitrogen and oxygen atoms in total. The van der Waals surface area contributed by atoms with Crippen molar-refractivity contribution in [1.29, 1.82) is 0 Å². The highest BCUT2D eigenvalue weighted by molar-refractivity contribution is 6.34. The summed E-state index contributed by atoms with van der Waals surface area (Å²) in [5.41, 5.74) is 8.23. The smallest absolute Gasteiger partial charge is 0.130 e. The maximum absolute atomic E-state index is 6.01. The fourth-order valence-electron chi connectivity index (χ4n) is 2.04. The summed E-state index contributed by atoms with van der Waals surface area (Å²) >= 11 is 12.0. The van der Waals surface area contributed by atoms with Crippen LogP contribution in [0.15, 0.2) is 36.4 Å². The van der Waals surface area contributed by atoms with Crippen molar-refractivity contribution in [3.63, 3.8) is 0 Å². The van der Waals surface area contributed by atoms with Gasteiger partial charge in [-0.25, -0.2) is 0 Å². The van der Waals surface area contributed by atoms with Crippen LogP contribution in [0.2, 0.25) is 10.0 Å². The van der Waals surface area contributed by atoms with Crippen LogP contribution in [0.25, 0.3) is 0 Å². The largest absolute Gasteiger partial charge is 0.457 e. The van der Waals surface area contributed by atoms with Crippen molar-refractivity contribution in [2.45, 2.75) is 32.7 Å². The molecule has 0 bridgehead atoms. The van der Waals surface area contributed by atoms with Gasteiger partial charge in [-0.05, 0) is 55.2 Å². The molecule has 0 aliphatic heterocycles. The lowest BCUT2D eigenvalue weighted by Gasteiger charge is -2.13. The third-order valence-electron chi connectivity index (χ3n) is 3.34. The van der Waals surface area contributed by atoms with Crippen molar-refractivity contribution in [3.05, 3.63) is 57.6 Å². The Bertz CT molecular complexity index is 608. The maximum atomic E-state index is 6.01. The molecule has 2 rings (SSSR count). The second kappa shape index (κ2) is 7.17. The summed E-state index contributed by atoms with van der Waals surface area (Å²) in [4.78, 5) is 0. The lowest BCUT2D eigenvalue weighted by atomic mass is 10.0. The quantitative estimate of drug-likeness (QED) is 0.802. The van der Waals surface area contributed by atoms with Crippen molar-refractivity contribution in [2.24, 2.45) is 5.73 Å². The predicted octanol–water partition coefficient (Wildman–Crippen LogP) is 5.37. The van der Waals surface area contributed by atoms with E-state index in [0.29, 0.717) is 15.8 Å². The summed E-state index contributed by atoms with van der Waals surface area (Å²) in [6.45, 7) is 4.09. The lowest BCUT2D eigenvalue weighted by Crippen LogP contribution is -2.21. The Hall–Kier alpha value is -1.22. The summed E-state index contributed by atoms with van der Waals surface area (Å²) in [7, 11) is 0. The average Bonchev–Trinajstić information content (AvgIpc) is 2.41. The number of hydrogen-bond acceptors (Lipinski definition) is 2. The number of aryl methyl sites for hydroxylation is 1. The van der Waals surface area contributed by atoms with E-state index in [1.54, 1.807) is 18.2 Å². The van der Waals surface area contributed by atoms with Crippen molar-refractivity contribution in [3.8, 4) is 11.5 Å². The molecule has 0 radical (unpaired) electrons. The molecule has 0 fully saturated rings. The summed E-state index contributed by atoms with van der Waals surface area (Å²) in [5.74, 6) is 1.43. The van der Waals surface area contributed by atoms with E-state index in [1.807, 2.05) is 19.1 Å². The van der Waals surface area contributed by atoms with E-state index < -0.39 is 0 Å². The van der Waals surface area contributed by atoms with Gasteiger partial charge in [-0.3, -0.25) is 0 Å². The molecule has 112 valence electrons. The second-order valence-corrected chi connectivity index (χ2v) is 6.05. The highest BCUT2D eigenvalue weighted by Crippen LogP contribution is 2.30. The summed E-state index contributed by atoms with van der Waals surface area (Å²) in [6.07, 6.45) is 1.79. The Labute approximate surface area is 135 Å². The molecular formula is C17H19Cl2NO. The molecule has 2 N–H and O–H groups in total. The van der Waals surface area contributed by atoms with Crippen LogP contribution in [0, 0.1) is 6.92 Å². The van der Waals surface area contributed by atoms with E-state index in [1.165, 1.54) is 0 Å². The molecule has 0 spiro atoms. The van der Waals surface area contributed by atoms with Gasteiger partial charge in [-0.1, -0.05) is 42.3 Å². The topological polar surface area (TPSA) is 35.2 Å². The van der Waals surface area contributed by atoms with E-state index in [9.17, 15) is 0 Å². The van der Waals surface area contributed by atoms with Gasteiger partial charge in [-0.15, -0.1) is 0 Å². The number of ether oxygens (including phenoxy) is 1. The second-order valence-electron chi connectivity index (χ2n) is 5.18. The summed E-state index contributed by atoms with van der Waals surface area (Å²) in [5, 5.41) is 1.11. The Morgan fingerprint density at radius 3 is 2.38 bits per heavy atom. The van der Waals surface area contributed by atoms with Crippen LogP contribution in [0.4, 0.5) is 0 Å². The fraction of sp³-hybridized carbons (Fsp3) is 0.294. The van der Waals surface area contributed by atoms with Gasteiger partial charge < -0.3 is 10.5 Å². The standard InChI is InChI=1S/C17H19Cl2NO/c1-3-15(20)6-12-5-4-11(2)17(7-12)21-16-9-13(18)8-14(19)10-16/h4-5,7-10,15H,3,6,20H2,1-2H3. The SMILES string of the molecule is CCC(N)Cc1ccc(C)c(Oc2cc(Cl)cc(Cl)c2)c1. The van der Waals surface area contributed by atoms with Crippen LogP contribution in [0.3, 0.4) is 0 Å². The van der Waals surface area contributed by atoms with E-state index >= 15 is 0 Å². The molecule has 1 unspecified atom stereocenters. The minimum Gasteiger partial charge on any atom is -0.457 e. The zero-order chi connectivity index (χ0) is 15.4. The fourth-order valence-corrected chi connectivity index (χ4v) is 2.55. The van der Waals surface area contributed by atoms with Gasteiger partial charge in [-0.2, -0.15) is 0 Å². The number of benzene rings is 2. The van der Waals surface area contributed by atoms with Crippen LogP contribution in [0.5, 0.6) is 11.5 Å². The molecular weight excluding hydrogens is 305 g/mol. The maximum Gasteiger partial charge on any atom is 0.130 e. The van der Waals surface area contributed by atoms with Crippen molar-refractivity contribution in [2.75, 3.05) is 0 Å². The van der Waals surface area contributed by atoms with Gasteiger partial charge in [0.05, 0.1) is 0 Å². The summed E-state index contributed by atoms with van der Waals surface area (Å²) in [6, 6.07) is 11.5. The minimum atomic E-state index is 0.168. The van der Waals surface area contributed by atoms with E-state index in [-0.39, 0.29) is 6.04 Å². The molecule has 2 aromatic carbocycles. The van der Waals surface area contributed by atoms with Gasteiger partial charge in [0.15, 0.2) is 0 Å². The van der Waals surface area contributed by atoms with Gasteiger partial charge >= 0.3 is 0 Å². The third kappa shape index (κ3) is 4.63. The molecule has 21 heavy (non-hydrogen) atoms. The Balaban J connectivity index is 2.24. The molecule has 1 atom stereocenters. The highest BCUT2D eigenvalue weighted by Gasteiger charge is 2.07. The Morgan fingerprint density at radius 1 is 1.10 bits per heavy atom. The zero-order valence-corrected chi connectivity index (χ0v) is 13.7. The van der Waals surface area contributed by atoms with Gasteiger partial charge in [0, 0.05) is 16.1 Å². The Morgan fingerprint density at radius 2 is 1.76 bits per heavy atom. The van der Waals surface area contributed by atoms with Crippen molar-refractivity contribution < 1.29 is 4.74 Å². The van der Waals surface area contributed by atoms with Crippen LogP contribution >= 0.6 is 23.2 Å². The first-order valence-corrected chi connectivity index (χ1v) is 7.72. The highest BCUT2D eigenvalue weighted by atomic mass is 35.5. The van der Waals surface area contributed by atoms with Crippen LogP contribution in [-0.4, -0.2) is 6.04 Å². The number of rotatable bonds is 5. The number of halogens is 2.